The molecule has 7 heteroatoms. The molecule has 3 saturated heterocycles. The molecule has 4 heterocycles. The molecule has 0 aromatic rings. The van der Waals surface area contributed by atoms with Gasteiger partial charge in [0, 0.05) is 17.6 Å². The number of aliphatic hydroxyl groups is 1. The van der Waals surface area contributed by atoms with E-state index in [0.717, 1.165) is 18.4 Å². The third-order valence-corrected chi connectivity index (χ3v) is 5.61. The van der Waals surface area contributed by atoms with Crippen LogP contribution < -0.4 is 0 Å². The molecule has 1 aliphatic carbocycles. The van der Waals surface area contributed by atoms with Crippen LogP contribution in [0.2, 0.25) is 0 Å². The van der Waals surface area contributed by atoms with Gasteiger partial charge in [0.1, 0.15) is 17.8 Å². The van der Waals surface area contributed by atoms with Gasteiger partial charge >= 0.3 is 11.9 Å². The van der Waals surface area contributed by atoms with E-state index >= 15 is 0 Å². The molecule has 1 spiro atoms. The average molecular weight is 362 g/mol. The molecule has 7 nitrogen and oxygen atoms in total. The third-order valence-electron chi connectivity index (χ3n) is 5.61. The Labute approximate surface area is 151 Å². The Morgan fingerprint density at radius 3 is 2.96 bits per heavy atom. The first kappa shape index (κ1) is 17.5. The van der Waals surface area contributed by atoms with Gasteiger partial charge in [0.15, 0.2) is 6.29 Å². The zero-order chi connectivity index (χ0) is 18.6. The molecule has 3 unspecified atom stereocenters. The molecule has 0 amide bonds. The largest absolute Gasteiger partial charge is 0.458 e. The second kappa shape index (κ2) is 6.04. The van der Waals surface area contributed by atoms with Gasteiger partial charge in [-0.15, -0.1) is 0 Å². The van der Waals surface area contributed by atoms with E-state index in [-0.39, 0.29) is 30.3 Å². The number of fused-ring (bicyclic) bond motifs is 4. The molecule has 0 radical (unpaired) electrons. The second-order valence-electron chi connectivity index (χ2n) is 7.44. The average Bonchev–Trinajstić information content (AvgIpc) is 3.20. The van der Waals surface area contributed by atoms with Crippen LogP contribution in [-0.2, 0) is 28.5 Å². The molecule has 0 saturated carbocycles. The molecule has 140 valence electrons. The van der Waals surface area contributed by atoms with Gasteiger partial charge in [0.05, 0.1) is 18.6 Å². The predicted molar refractivity (Wildman–Crippen MR) is 88.7 cm³/mol. The Morgan fingerprint density at radius 1 is 1.46 bits per heavy atom. The number of ether oxygens (including phenoxy) is 4. The van der Waals surface area contributed by atoms with Crippen molar-refractivity contribution < 1.29 is 33.6 Å². The van der Waals surface area contributed by atoms with Crippen molar-refractivity contribution in [2.45, 2.75) is 56.4 Å². The summed E-state index contributed by atoms with van der Waals surface area (Å²) < 4.78 is 22.5. The van der Waals surface area contributed by atoms with E-state index in [1.165, 1.54) is 0 Å². The van der Waals surface area contributed by atoms with Crippen molar-refractivity contribution in [3.05, 3.63) is 36.0 Å². The lowest BCUT2D eigenvalue weighted by Gasteiger charge is -2.33. The van der Waals surface area contributed by atoms with Gasteiger partial charge < -0.3 is 24.1 Å². The van der Waals surface area contributed by atoms with Crippen LogP contribution in [0.15, 0.2) is 36.0 Å². The predicted octanol–water partition coefficient (Wildman–Crippen LogP) is 1.17. The molecular formula is C19H22O7. The molecule has 2 bridgehead atoms. The van der Waals surface area contributed by atoms with E-state index in [4.69, 9.17) is 18.9 Å². The number of hydrogen-bond donors (Lipinski definition) is 1. The number of carbonyl (C=O) groups excluding carboxylic acids is 2. The normalized spacial score (nSPS) is 43.3. The Bertz CT molecular complexity index is 723. The standard InChI is InChI=1S/C19H22O7/c1-9(2)16(20)25-13-7-19-14(26-19)5-4-11(8-23-18(19)22)6-12-15(13)10(3)17(21)24-12/h6,12-15,18,22H,1,3-5,7-8H2,2H3/b11-6+/t12?,13?,14-,15+,18?,19-/m1/s1. The minimum absolute atomic E-state index is 0.185. The van der Waals surface area contributed by atoms with E-state index < -0.39 is 42.0 Å². The lowest BCUT2D eigenvalue weighted by molar-refractivity contribution is -0.163. The van der Waals surface area contributed by atoms with Gasteiger partial charge in [0.2, 0.25) is 0 Å². The van der Waals surface area contributed by atoms with Crippen LogP contribution >= 0.6 is 0 Å². The van der Waals surface area contributed by atoms with Gasteiger partial charge in [-0.1, -0.05) is 13.2 Å². The Morgan fingerprint density at radius 2 is 2.23 bits per heavy atom. The SMILES string of the molecule is C=C(C)C(=O)OC1C[C@@]23O[C@@H]2CC/C(=C\C2OC(=O)C(=C)[C@@H]21)COC3O. The summed E-state index contributed by atoms with van der Waals surface area (Å²) in [6, 6.07) is 0. The number of hydrogen-bond acceptors (Lipinski definition) is 7. The van der Waals surface area contributed by atoms with Crippen molar-refractivity contribution in [2.75, 3.05) is 6.61 Å². The third kappa shape index (κ3) is 2.71. The summed E-state index contributed by atoms with van der Waals surface area (Å²) >= 11 is 0. The first-order valence-electron chi connectivity index (χ1n) is 8.75. The Hall–Kier alpha value is -1.96. The maximum Gasteiger partial charge on any atom is 0.334 e. The van der Waals surface area contributed by atoms with Gasteiger partial charge in [-0.3, -0.25) is 0 Å². The van der Waals surface area contributed by atoms with Crippen LogP contribution in [0.1, 0.15) is 26.2 Å². The topological polar surface area (TPSA) is 94.6 Å². The first-order chi connectivity index (χ1) is 12.3. The fourth-order valence-electron chi connectivity index (χ4n) is 4.09. The van der Waals surface area contributed by atoms with E-state index in [9.17, 15) is 14.7 Å². The van der Waals surface area contributed by atoms with E-state index in [1.807, 2.05) is 6.08 Å². The number of esters is 2. The van der Waals surface area contributed by atoms with E-state index in [0.29, 0.717) is 0 Å². The molecule has 0 aromatic carbocycles. The zero-order valence-electron chi connectivity index (χ0n) is 14.6. The molecule has 5 rings (SSSR count). The lowest BCUT2D eigenvalue weighted by atomic mass is 9.81. The molecule has 3 fully saturated rings. The van der Waals surface area contributed by atoms with Gasteiger partial charge in [-0.05, 0) is 31.4 Å². The fourth-order valence-corrected chi connectivity index (χ4v) is 4.09. The zero-order valence-corrected chi connectivity index (χ0v) is 14.6. The Kier molecular flexibility index (Phi) is 4.06. The van der Waals surface area contributed by atoms with Crippen LogP contribution in [0.25, 0.3) is 0 Å². The van der Waals surface area contributed by atoms with E-state index in [2.05, 4.69) is 13.2 Å². The number of epoxide rings is 1. The smallest absolute Gasteiger partial charge is 0.334 e. The van der Waals surface area contributed by atoms with Crippen molar-refractivity contribution >= 4 is 11.9 Å². The minimum atomic E-state index is -1.13. The van der Waals surface area contributed by atoms with Gasteiger partial charge in [0.25, 0.3) is 0 Å². The summed E-state index contributed by atoms with van der Waals surface area (Å²) in [4.78, 5) is 24.3. The summed E-state index contributed by atoms with van der Waals surface area (Å²) in [6.07, 6.45) is 0.815. The highest BCUT2D eigenvalue weighted by atomic mass is 16.7. The highest BCUT2D eigenvalue weighted by Gasteiger charge is 2.65. The van der Waals surface area contributed by atoms with Crippen LogP contribution in [0.4, 0.5) is 0 Å². The molecule has 6 atom stereocenters. The first-order valence-corrected chi connectivity index (χ1v) is 8.75. The summed E-state index contributed by atoms with van der Waals surface area (Å²) in [5, 5.41) is 10.5. The monoisotopic (exact) mass is 362 g/mol. The molecule has 0 aromatic heterocycles. The van der Waals surface area contributed by atoms with Crippen LogP contribution in [0.3, 0.4) is 0 Å². The molecule has 1 N–H and O–H groups in total. The van der Waals surface area contributed by atoms with Crippen LogP contribution in [-0.4, -0.2) is 53.9 Å². The summed E-state index contributed by atoms with van der Waals surface area (Å²) in [6.45, 7) is 9.24. The van der Waals surface area contributed by atoms with Crippen LogP contribution in [0, 0.1) is 5.92 Å². The van der Waals surface area contributed by atoms with Crippen molar-refractivity contribution in [1.29, 1.82) is 0 Å². The lowest BCUT2D eigenvalue weighted by Crippen LogP contribution is -2.45. The number of carbonyl (C=O) groups is 2. The van der Waals surface area contributed by atoms with Crippen LogP contribution in [0.5, 0.6) is 0 Å². The number of rotatable bonds is 2. The van der Waals surface area contributed by atoms with Crippen molar-refractivity contribution in [3.63, 3.8) is 0 Å². The number of aliphatic hydroxyl groups excluding tert-OH is 1. The maximum absolute atomic E-state index is 12.2. The van der Waals surface area contributed by atoms with Crippen molar-refractivity contribution in [1.82, 2.24) is 0 Å². The molecule has 5 aliphatic rings. The van der Waals surface area contributed by atoms with Gasteiger partial charge in [-0.25, -0.2) is 9.59 Å². The van der Waals surface area contributed by atoms with Crippen molar-refractivity contribution in [2.24, 2.45) is 5.92 Å². The summed E-state index contributed by atoms with van der Waals surface area (Å²) in [5.41, 5.74) is 0.475. The molecular weight excluding hydrogens is 340 g/mol. The highest BCUT2D eigenvalue weighted by molar-refractivity contribution is 5.91. The van der Waals surface area contributed by atoms with E-state index in [1.54, 1.807) is 6.92 Å². The van der Waals surface area contributed by atoms with Crippen molar-refractivity contribution in [3.8, 4) is 0 Å². The second-order valence-corrected chi connectivity index (χ2v) is 7.44. The van der Waals surface area contributed by atoms with Gasteiger partial charge in [-0.2, -0.15) is 0 Å². The minimum Gasteiger partial charge on any atom is -0.458 e. The highest BCUT2D eigenvalue weighted by Crippen LogP contribution is 2.51. The Balaban J connectivity index is 1.76. The molecule has 26 heavy (non-hydrogen) atoms. The molecule has 4 aliphatic heterocycles. The quantitative estimate of drug-likeness (QED) is 0.341. The summed E-state index contributed by atoms with van der Waals surface area (Å²) in [7, 11) is 0. The fraction of sp³-hybridized carbons (Fsp3) is 0.579. The maximum atomic E-state index is 12.2. The summed E-state index contributed by atoms with van der Waals surface area (Å²) in [5.74, 6) is -1.61.